The van der Waals surface area contributed by atoms with Gasteiger partial charge >= 0.3 is 0 Å². The van der Waals surface area contributed by atoms with Crippen LogP contribution in [0.1, 0.15) is 26.2 Å². The Morgan fingerprint density at radius 2 is 2.00 bits per heavy atom. The minimum absolute atomic E-state index is 0.667. The lowest BCUT2D eigenvalue weighted by Crippen LogP contribution is -2.36. The number of piperidine rings is 1. The van der Waals surface area contributed by atoms with E-state index in [0.717, 1.165) is 12.5 Å². The zero-order valence-electron chi connectivity index (χ0n) is 11.3. The van der Waals surface area contributed by atoms with Crippen molar-refractivity contribution in [3.05, 3.63) is 0 Å². The van der Waals surface area contributed by atoms with Crippen LogP contribution in [-0.2, 0) is 0 Å². The fourth-order valence-electron chi connectivity index (χ4n) is 2.34. The first-order chi connectivity index (χ1) is 7.61. The van der Waals surface area contributed by atoms with Crippen LogP contribution in [0.4, 0.5) is 0 Å². The standard InChI is InChI=1S/C13H29N3/c1-12(10-14)4-7-16(3)11-13-5-8-15(2)9-6-13/h12-13H,4-11,14H2,1-3H3. The van der Waals surface area contributed by atoms with Crippen molar-refractivity contribution in [1.82, 2.24) is 9.80 Å². The fraction of sp³-hybridized carbons (Fsp3) is 1.00. The van der Waals surface area contributed by atoms with Crippen molar-refractivity contribution in [1.29, 1.82) is 0 Å². The second-order valence-corrected chi connectivity index (χ2v) is 5.64. The Morgan fingerprint density at radius 3 is 2.56 bits per heavy atom. The van der Waals surface area contributed by atoms with Gasteiger partial charge < -0.3 is 15.5 Å². The Morgan fingerprint density at radius 1 is 1.38 bits per heavy atom. The number of nitrogens with zero attached hydrogens (tertiary/aromatic N) is 2. The van der Waals surface area contributed by atoms with Gasteiger partial charge in [0.2, 0.25) is 0 Å². The van der Waals surface area contributed by atoms with Crippen molar-refractivity contribution in [2.75, 3.05) is 46.8 Å². The summed E-state index contributed by atoms with van der Waals surface area (Å²) in [5, 5.41) is 0. The third-order valence-corrected chi connectivity index (χ3v) is 3.81. The molecular weight excluding hydrogens is 198 g/mol. The second kappa shape index (κ2) is 7.25. The van der Waals surface area contributed by atoms with Crippen LogP contribution < -0.4 is 5.73 Å². The monoisotopic (exact) mass is 227 g/mol. The van der Waals surface area contributed by atoms with Crippen LogP contribution in [0.3, 0.4) is 0 Å². The van der Waals surface area contributed by atoms with Gasteiger partial charge in [-0.15, -0.1) is 0 Å². The van der Waals surface area contributed by atoms with E-state index in [9.17, 15) is 0 Å². The number of hydrogen-bond donors (Lipinski definition) is 1. The van der Waals surface area contributed by atoms with Gasteiger partial charge in [-0.1, -0.05) is 6.92 Å². The molecule has 3 heteroatoms. The first-order valence-corrected chi connectivity index (χ1v) is 6.69. The molecule has 0 saturated carbocycles. The molecule has 2 N–H and O–H groups in total. The molecule has 1 saturated heterocycles. The SMILES string of the molecule is CC(CN)CCN(C)CC1CCN(C)CC1. The van der Waals surface area contributed by atoms with Crippen LogP contribution in [-0.4, -0.2) is 56.6 Å². The predicted molar refractivity (Wildman–Crippen MR) is 70.6 cm³/mol. The maximum absolute atomic E-state index is 5.63. The number of nitrogens with two attached hydrogens (primary N) is 1. The molecule has 1 aliphatic rings. The number of rotatable bonds is 6. The third kappa shape index (κ3) is 5.28. The van der Waals surface area contributed by atoms with Crippen molar-refractivity contribution in [2.45, 2.75) is 26.2 Å². The fourth-order valence-corrected chi connectivity index (χ4v) is 2.34. The van der Waals surface area contributed by atoms with Gasteiger partial charge in [-0.3, -0.25) is 0 Å². The van der Waals surface area contributed by atoms with Crippen LogP contribution >= 0.6 is 0 Å². The molecule has 0 aromatic carbocycles. The molecule has 0 bridgehead atoms. The van der Waals surface area contributed by atoms with E-state index in [-0.39, 0.29) is 0 Å². The molecule has 0 aromatic heterocycles. The average molecular weight is 227 g/mol. The van der Waals surface area contributed by atoms with Crippen molar-refractivity contribution in [3.63, 3.8) is 0 Å². The first-order valence-electron chi connectivity index (χ1n) is 6.69. The summed E-state index contributed by atoms with van der Waals surface area (Å²) in [4.78, 5) is 4.93. The molecule has 0 amide bonds. The van der Waals surface area contributed by atoms with Crippen LogP contribution in [0.25, 0.3) is 0 Å². The molecule has 3 nitrogen and oxygen atoms in total. The van der Waals surface area contributed by atoms with E-state index in [4.69, 9.17) is 5.73 Å². The molecule has 1 aliphatic heterocycles. The lowest BCUT2D eigenvalue weighted by Gasteiger charge is -2.31. The van der Waals surface area contributed by atoms with E-state index in [1.807, 2.05) is 0 Å². The van der Waals surface area contributed by atoms with E-state index >= 15 is 0 Å². The molecule has 16 heavy (non-hydrogen) atoms. The van der Waals surface area contributed by atoms with Gasteiger partial charge in [0.05, 0.1) is 0 Å². The van der Waals surface area contributed by atoms with Crippen molar-refractivity contribution in [2.24, 2.45) is 17.6 Å². The van der Waals surface area contributed by atoms with Crippen molar-refractivity contribution < 1.29 is 0 Å². The summed E-state index contributed by atoms with van der Waals surface area (Å²) >= 11 is 0. The third-order valence-electron chi connectivity index (χ3n) is 3.81. The summed E-state index contributed by atoms with van der Waals surface area (Å²) in [5.74, 6) is 1.58. The van der Waals surface area contributed by atoms with E-state index in [1.165, 1.54) is 45.4 Å². The summed E-state index contributed by atoms with van der Waals surface area (Å²) in [7, 11) is 4.48. The molecule has 0 radical (unpaired) electrons. The van der Waals surface area contributed by atoms with Gasteiger partial charge in [-0.05, 0) is 71.4 Å². The normalized spacial score (nSPS) is 21.6. The van der Waals surface area contributed by atoms with E-state index < -0.39 is 0 Å². The highest BCUT2D eigenvalue weighted by Gasteiger charge is 2.17. The van der Waals surface area contributed by atoms with Gasteiger partial charge in [0.15, 0.2) is 0 Å². The molecule has 1 heterocycles. The van der Waals surface area contributed by atoms with E-state index in [2.05, 4.69) is 30.8 Å². The van der Waals surface area contributed by atoms with Gasteiger partial charge in [0.1, 0.15) is 0 Å². The summed E-state index contributed by atoms with van der Waals surface area (Å²) in [6, 6.07) is 0. The number of likely N-dealkylation sites (tertiary alicyclic amines) is 1. The Hall–Kier alpha value is -0.120. The molecule has 1 unspecified atom stereocenters. The first kappa shape index (κ1) is 13.9. The Bertz CT molecular complexity index is 176. The summed E-state index contributed by atoms with van der Waals surface area (Å²) < 4.78 is 0. The minimum Gasteiger partial charge on any atom is -0.330 e. The van der Waals surface area contributed by atoms with Gasteiger partial charge in [0.25, 0.3) is 0 Å². The van der Waals surface area contributed by atoms with Crippen molar-refractivity contribution >= 4 is 0 Å². The highest BCUT2D eigenvalue weighted by molar-refractivity contribution is 4.72. The van der Waals surface area contributed by atoms with Crippen LogP contribution in [0.5, 0.6) is 0 Å². The van der Waals surface area contributed by atoms with E-state index in [0.29, 0.717) is 5.92 Å². The summed E-state index contributed by atoms with van der Waals surface area (Å²) in [6.07, 6.45) is 3.97. The Labute approximate surface area is 101 Å². The van der Waals surface area contributed by atoms with Gasteiger partial charge in [-0.25, -0.2) is 0 Å². The van der Waals surface area contributed by atoms with Crippen LogP contribution in [0, 0.1) is 11.8 Å². The molecule has 0 spiro atoms. The van der Waals surface area contributed by atoms with Crippen LogP contribution in [0.15, 0.2) is 0 Å². The average Bonchev–Trinajstić information content (AvgIpc) is 2.29. The maximum Gasteiger partial charge on any atom is 0.000756 e. The molecule has 1 fully saturated rings. The van der Waals surface area contributed by atoms with Crippen molar-refractivity contribution in [3.8, 4) is 0 Å². The molecular formula is C13H29N3. The lowest BCUT2D eigenvalue weighted by molar-refractivity contribution is 0.173. The van der Waals surface area contributed by atoms with E-state index in [1.54, 1.807) is 0 Å². The largest absolute Gasteiger partial charge is 0.330 e. The topological polar surface area (TPSA) is 32.5 Å². The quantitative estimate of drug-likeness (QED) is 0.741. The summed E-state index contributed by atoms with van der Waals surface area (Å²) in [6.45, 7) is 8.08. The van der Waals surface area contributed by atoms with Gasteiger partial charge in [0, 0.05) is 6.54 Å². The smallest absolute Gasteiger partial charge is 0.000756 e. The lowest BCUT2D eigenvalue weighted by atomic mass is 9.96. The zero-order chi connectivity index (χ0) is 12.0. The van der Waals surface area contributed by atoms with Crippen LogP contribution in [0.2, 0.25) is 0 Å². The van der Waals surface area contributed by atoms with Gasteiger partial charge in [-0.2, -0.15) is 0 Å². The molecule has 1 rings (SSSR count). The molecule has 96 valence electrons. The zero-order valence-corrected chi connectivity index (χ0v) is 11.3. The molecule has 0 aromatic rings. The Kier molecular flexibility index (Phi) is 6.32. The highest BCUT2D eigenvalue weighted by atomic mass is 15.1. The highest BCUT2D eigenvalue weighted by Crippen LogP contribution is 2.17. The minimum atomic E-state index is 0.667. The maximum atomic E-state index is 5.63. The number of hydrogen-bond acceptors (Lipinski definition) is 3. The Balaban J connectivity index is 2.11. The molecule has 1 atom stereocenters. The predicted octanol–water partition coefficient (Wildman–Crippen LogP) is 1.24. The molecule has 0 aliphatic carbocycles. The summed E-state index contributed by atoms with van der Waals surface area (Å²) in [5.41, 5.74) is 5.63. The second-order valence-electron chi connectivity index (χ2n) is 5.64.